The Morgan fingerprint density at radius 1 is 1.47 bits per heavy atom. The molecule has 94 valence electrons. The fraction of sp³-hybridized carbons (Fsp3) is 0.500. The van der Waals surface area contributed by atoms with Crippen LogP contribution in [0.5, 0.6) is 5.88 Å². The molecule has 0 saturated carbocycles. The molecule has 5 heteroatoms. The van der Waals surface area contributed by atoms with Crippen LogP contribution in [0, 0.1) is 0 Å². The van der Waals surface area contributed by atoms with Gasteiger partial charge in [-0.3, -0.25) is 4.79 Å². The molecule has 0 bridgehead atoms. The number of nitrogens with one attached hydrogen (secondary N) is 1. The molecule has 0 spiro atoms. The molecule has 0 saturated heterocycles. The van der Waals surface area contributed by atoms with Crippen molar-refractivity contribution in [1.82, 2.24) is 4.98 Å². The maximum atomic E-state index is 10.3. The maximum Gasteiger partial charge on any atom is 0.303 e. The van der Waals surface area contributed by atoms with Crippen molar-refractivity contribution >= 4 is 11.7 Å². The Morgan fingerprint density at radius 2 is 2.29 bits per heavy atom. The normalized spacial score (nSPS) is 9.94. The Hall–Kier alpha value is -1.78. The van der Waals surface area contributed by atoms with E-state index in [4.69, 9.17) is 9.84 Å². The smallest absolute Gasteiger partial charge is 0.303 e. The third-order valence-corrected chi connectivity index (χ3v) is 2.34. The van der Waals surface area contributed by atoms with Gasteiger partial charge in [-0.2, -0.15) is 0 Å². The maximum absolute atomic E-state index is 10.3. The highest BCUT2D eigenvalue weighted by Gasteiger charge is 1.98. The Morgan fingerprint density at radius 3 is 3.00 bits per heavy atom. The largest absolute Gasteiger partial charge is 0.481 e. The van der Waals surface area contributed by atoms with Crippen LogP contribution in [0.1, 0.15) is 25.7 Å². The number of nitrogens with zero attached hydrogens (tertiary/aromatic N) is 1. The SMILES string of the molecule is COc1cc(NCCCCCC(=O)O)ccn1. The van der Waals surface area contributed by atoms with Gasteiger partial charge in [0.05, 0.1) is 7.11 Å². The number of ether oxygens (including phenoxy) is 1. The minimum Gasteiger partial charge on any atom is -0.481 e. The Kier molecular flexibility index (Phi) is 5.85. The van der Waals surface area contributed by atoms with E-state index in [1.807, 2.05) is 12.1 Å². The van der Waals surface area contributed by atoms with Gasteiger partial charge in [-0.1, -0.05) is 6.42 Å². The first-order chi connectivity index (χ1) is 8.22. The van der Waals surface area contributed by atoms with Crippen LogP contribution >= 0.6 is 0 Å². The zero-order valence-electron chi connectivity index (χ0n) is 9.98. The summed E-state index contributed by atoms with van der Waals surface area (Å²) in [6.07, 6.45) is 4.55. The van der Waals surface area contributed by atoms with Gasteiger partial charge in [0, 0.05) is 30.9 Å². The summed E-state index contributed by atoms with van der Waals surface area (Å²) < 4.78 is 5.01. The number of hydrogen-bond acceptors (Lipinski definition) is 4. The lowest BCUT2D eigenvalue weighted by atomic mass is 10.2. The first kappa shape index (κ1) is 13.3. The van der Waals surface area contributed by atoms with Gasteiger partial charge in [0.2, 0.25) is 5.88 Å². The fourth-order valence-corrected chi connectivity index (χ4v) is 1.44. The predicted molar refractivity (Wildman–Crippen MR) is 65.4 cm³/mol. The Labute approximate surface area is 101 Å². The second-order valence-corrected chi connectivity index (χ2v) is 3.72. The van der Waals surface area contributed by atoms with E-state index in [2.05, 4.69) is 10.3 Å². The van der Waals surface area contributed by atoms with Gasteiger partial charge in [0.1, 0.15) is 0 Å². The molecule has 0 aliphatic carbocycles. The molecule has 2 N–H and O–H groups in total. The van der Waals surface area contributed by atoms with Gasteiger partial charge < -0.3 is 15.2 Å². The summed E-state index contributed by atoms with van der Waals surface area (Å²) >= 11 is 0. The van der Waals surface area contributed by atoms with Gasteiger partial charge in [0.25, 0.3) is 0 Å². The van der Waals surface area contributed by atoms with Gasteiger partial charge in [-0.25, -0.2) is 4.98 Å². The third kappa shape index (κ3) is 5.75. The molecule has 0 radical (unpaired) electrons. The van der Waals surface area contributed by atoms with E-state index in [0.717, 1.165) is 31.5 Å². The number of carboxylic acids is 1. The molecule has 0 unspecified atom stereocenters. The summed E-state index contributed by atoms with van der Waals surface area (Å²) in [7, 11) is 1.58. The van der Waals surface area contributed by atoms with E-state index >= 15 is 0 Å². The molecule has 0 fully saturated rings. The number of unbranched alkanes of at least 4 members (excludes halogenated alkanes) is 2. The van der Waals surface area contributed by atoms with E-state index in [9.17, 15) is 4.79 Å². The van der Waals surface area contributed by atoms with E-state index in [1.165, 1.54) is 0 Å². The third-order valence-electron chi connectivity index (χ3n) is 2.34. The molecular weight excluding hydrogens is 220 g/mol. The van der Waals surface area contributed by atoms with Crippen LogP contribution in [0.4, 0.5) is 5.69 Å². The zero-order chi connectivity index (χ0) is 12.5. The van der Waals surface area contributed by atoms with Crippen molar-refractivity contribution in [2.75, 3.05) is 19.0 Å². The summed E-state index contributed by atoms with van der Waals surface area (Å²) in [5.74, 6) is -0.141. The number of rotatable bonds is 8. The van der Waals surface area contributed by atoms with Crippen LogP contribution in [0.2, 0.25) is 0 Å². The van der Waals surface area contributed by atoms with Crippen molar-refractivity contribution in [2.24, 2.45) is 0 Å². The second kappa shape index (κ2) is 7.49. The zero-order valence-corrected chi connectivity index (χ0v) is 9.98. The highest BCUT2D eigenvalue weighted by Crippen LogP contribution is 2.13. The van der Waals surface area contributed by atoms with E-state index in [0.29, 0.717) is 5.88 Å². The van der Waals surface area contributed by atoms with Crippen molar-refractivity contribution in [3.63, 3.8) is 0 Å². The molecule has 0 aliphatic heterocycles. The van der Waals surface area contributed by atoms with Crippen molar-refractivity contribution in [1.29, 1.82) is 0 Å². The lowest BCUT2D eigenvalue weighted by molar-refractivity contribution is -0.137. The molecule has 1 aromatic heterocycles. The Balaban J connectivity index is 2.15. The first-order valence-corrected chi connectivity index (χ1v) is 5.68. The molecule has 17 heavy (non-hydrogen) atoms. The lowest BCUT2D eigenvalue weighted by Crippen LogP contribution is -2.02. The second-order valence-electron chi connectivity index (χ2n) is 3.72. The van der Waals surface area contributed by atoms with Gasteiger partial charge in [0.15, 0.2) is 0 Å². The van der Waals surface area contributed by atoms with Gasteiger partial charge >= 0.3 is 5.97 Å². The number of carbonyl (C=O) groups is 1. The van der Waals surface area contributed by atoms with E-state index in [-0.39, 0.29) is 6.42 Å². The molecular formula is C12H18N2O3. The van der Waals surface area contributed by atoms with Gasteiger partial charge in [-0.05, 0) is 18.9 Å². The van der Waals surface area contributed by atoms with Crippen LogP contribution in [-0.4, -0.2) is 29.7 Å². The molecule has 0 aromatic carbocycles. The number of aliphatic carboxylic acids is 1. The predicted octanol–water partition coefficient (Wildman–Crippen LogP) is 2.15. The molecule has 5 nitrogen and oxygen atoms in total. The first-order valence-electron chi connectivity index (χ1n) is 5.68. The van der Waals surface area contributed by atoms with Crippen molar-refractivity contribution in [2.45, 2.75) is 25.7 Å². The van der Waals surface area contributed by atoms with Gasteiger partial charge in [-0.15, -0.1) is 0 Å². The molecule has 1 aromatic rings. The highest BCUT2D eigenvalue weighted by molar-refractivity contribution is 5.66. The number of hydrogen-bond donors (Lipinski definition) is 2. The minimum absolute atomic E-state index is 0.253. The number of aromatic nitrogens is 1. The summed E-state index contributed by atoms with van der Waals surface area (Å²) in [5.41, 5.74) is 0.968. The highest BCUT2D eigenvalue weighted by atomic mass is 16.5. The summed E-state index contributed by atoms with van der Waals surface area (Å²) in [6.45, 7) is 0.826. The van der Waals surface area contributed by atoms with Crippen LogP contribution < -0.4 is 10.1 Å². The van der Waals surface area contributed by atoms with Crippen LogP contribution in [0.25, 0.3) is 0 Å². The minimum atomic E-state index is -0.725. The summed E-state index contributed by atoms with van der Waals surface area (Å²) in [6, 6.07) is 3.71. The average molecular weight is 238 g/mol. The van der Waals surface area contributed by atoms with Crippen molar-refractivity contribution in [3.05, 3.63) is 18.3 Å². The summed E-state index contributed by atoms with van der Waals surface area (Å²) in [4.78, 5) is 14.3. The number of anilines is 1. The number of carboxylic acid groups (broad SMARTS) is 1. The van der Waals surface area contributed by atoms with Crippen molar-refractivity contribution in [3.8, 4) is 5.88 Å². The molecule has 0 atom stereocenters. The van der Waals surface area contributed by atoms with Crippen LogP contribution in [-0.2, 0) is 4.79 Å². The molecule has 1 heterocycles. The molecule has 0 amide bonds. The Bertz CT molecular complexity index is 355. The topological polar surface area (TPSA) is 71.5 Å². The fourth-order valence-electron chi connectivity index (χ4n) is 1.44. The summed E-state index contributed by atoms with van der Waals surface area (Å²) in [5, 5.41) is 11.7. The monoisotopic (exact) mass is 238 g/mol. The van der Waals surface area contributed by atoms with Crippen LogP contribution in [0.15, 0.2) is 18.3 Å². The number of methoxy groups -OCH3 is 1. The number of pyridine rings is 1. The molecule has 0 aliphatic rings. The quantitative estimate of drug-likeness (QED) is 0.679. The average Bonchev–Trinajstić information content (AvgIpc) is 2.33. The van der Waals surface area contributed by atoms with E-state index in [1.54, 1.807) is 13.3 Å². The van der Waals surface area contributed by atoms with E-state index < -0.39 is 5.97 Å². The molecule has 1 rings (SSSR count). The van der Waals surface area contributed by atoms with Crippen LogP contribution in [0.3, 0.4) is 0 Å². The van der Waals surface area contributed by atoms with Crippen molar-refractivity contribution < 1.29 is 14.6 Å². The lowest BCUT2D eigenvalue weighted by Gasteiger charge is -2.06. The standard InChI is InChI=1S/C12H18N2O3/c1-17-11-9-10(6-8-14-11)13-7-4-2-3-5-12(15)16/h6,8-9H,2-5,7H2,1H3,(H,13,14)(H,15,16).